The van der Waals surface area contributed by atoms with Gasteiger partial charge in [0.25, 0.3) is 11.8 Å². The van der Waals surface area contributed by atoms with Crippen molar-refractivity contribution in [2.45, 2.75) is 38.8 Å². The third kappa shape index (κ3) is 4.74. The van der Waals surface area contributed by atoms with Gasteiger partial charge >= 0.3 is 5.97 Å². The number of carbonyl (C=O) groups excluding carboxylic acids is 2. The normalized spacial score (nSPS) is 17.5. The van der Waals surface area contributed by atoms with Crippen LogP contribution in [0.3, 0.4) is 0 Å². The summed E-state index contributed by atoms with van der Waals surface area (Å²) in [4.78, 5) is 46.5. The molecule has 1 fully saturated rings. The van der Waals surface area contributed by atoms with Crippen molar-refractivity contribution in [2.24, 2.45) is 5.92 Å². The Kier molecular flexibility index (Phi) is 6.81. The third-order valence-electron chi connectivity index (χ3n) is 6.21. The minimum Gasteiger partial charge on any atom is -0.481 e. The summed E-state index contributed by atoms with van der Waals surface area (Å²) < 4.78 is 0. The summed E-state index contributed by atoms with van der Waals surface area (Å²) in [7, 11) is 0. The molecule has 3 atom stereocenters. The summed E-state index contributed by atoms with van der Waals surface area (Å²) >= 11 is 12.4. The summed E-state index contributed by atoms with van der Waals surface area (Å²) in [6, 6.07) is 9.00. The fraction of sp³-hybridized carbons (Fsp3) is 0.333. The molecular formula is C24H24Cl2N4O4. The maximum Gasteiger partial charge on any atom is 0.308 e. The number of carboxylic acids is 1. The van der Waals surface area contributed by atoms with E-state index in [1.807, 2.05) is 6.07 Å². The molecule has 1 unspecified atom stereocenters. The second-order valence-electron chi connectivity index (χ2n) is 8.51. The van der Waals surface area contributed by atoms with E-state index in [9.17, 15) is 19.5 Å². The topological polar surface area (TPSA) is 115 Å². The number of carbonyl (C=O) groups is 3. The molecule has 178 valence electrons. The number of hydrogen-bond donors (Lipinski definition) is 3. The highest BCUT2D eigenvalue weighted by Crippen LogP contribution is 2.29. The Morgan fingerprint density at radius 3 is 2.65 bits per heavy atom. The lowest BCUT2D eigenvalue weighted by atomic mass is 9.99. The molecule has 1 aliphatic rings. The van der Waals surface area contributed by atoms with Crippen molar-refractivity contribution in [2.75, 3.05) is 6.54 Å². The van der Waals surface area contributed by atoms with E-state index < -0.39 is 17.9 Å². The van der Waals surface area contributed by atoms with E-state index in [0.29, 0.717) is 34.9 Å². The molecule has 1 saturated heterocycles. The van der Waals surface area contributed by atoms with Gasteiger partial charge in [-0.3, -0.25) is 14.4 Å². The third-order valence-corrected chi connectivity index (χ3v) is 6.76. The standard InChI is InChI=1S/C24H24Cl2N4O4/c1-12(24(33)34)20-4-3-9-30(20)23(32)16-7-5-14(10-17(16)26)22(31)27-13(2)21-28-18-8-6-15(25)11-19(18)29-21/h5-8,10-13,20H,3-4,9H2,1-2H3,(H,27,31)(H,28,29)(H,33,34)/t12?,13-,20+/m0/s1. The van der Waals surface area contributed by atoms with Gasteiger partial charge in [0.05, 0.1) is 33.6 Å². The van der Waals surface area contributed by atoms with Crippen LogP contribution in [-0.4, -0.2) is 50.3 Å². The number of H-pyrrole nitrogens is 1. The van der Waals surface area contributed by atoms with Crippen molar-refractivity contribution in [1.82, 2.24) is 20.2 Å². The molecule has 0 saturated carbocycles. The molecule has 0 aliphatic carbocycles. The van der Waals surface area contributed by atoms with Crippen LogP contribution in [0, 0.1) is 5.92 Å². The maximum absolute atomic E-state index is 13.1. The lowest BCUT2D eigenvalue weighted by molar-refractivity contribution is -0.142. The lowest BCUT2D eigenvalue weighted by Crippen LogP contribution is -2.41. The number of hydrogen-bond acceptors (Lipinski definition) is 4. The fourth-order valence-electron chi connectivity index (χ4n) is 4.27. The number of rotatable bonds is 6. The molecule has 34 heavy (non-hydrogen) atoms. The number of aromatic amines is 1. The summed E-state index contributed by atoms with van der Waals surface area (Å²) in [5.41, 5.74) is 2.05. The van der Waals surface area contributed by atoms with Crippen molar-refractivity contribution in [3.63, 3.8) is 0 Å². The molecule has 0 bridgehead atoms. The Morgan fingerprint density at radius 2 is 1.94 bits per heavy atom. The quantitative estimate of drug-likeness (QED) is 0.452. The van der Waals surface area contributed by atoms with Gasteiger partial charge in [0.1, 0.15) is 5.82 Å². The first kappa shape index (κ1) is 24.0. The van der Waals surface area contributed by atoms with Crippen molar-refractivity contribution in [3.8, 4) is 0 Å². The highest BCUT2D eigenvalue weighted by molar-refractivity contribution is 6.34. The van der Waals surface area contributed by atoms with E-state index in [2.05, 4.69) is 15.3 Å². The Labute approximate surface area is 206 Å². The molecule has 3 aromatic rings. The number of aromatic nitrogens is 2. The number of likely N-dealkylation sites (tertiary alicyclic amines) is 1. The van der Waals surface area contributed by atoms with E-state index in [0.717, 1.165) is 11.9 Å². The van der Waals surface area contributed by atoms with Crippen LogP contribution >= 0.6 is 23.2 Å². The van der Waals surface area contributed by atoms with Crippen LogP contribution in [0.25, 0.3) is 11.0 Å². The number of benzene rings is 2. The first-order valence-electron chi connectivity index (χ1n) is 10.9. The van der Waals surface area contributed by atoms with Crippen LogP contribution in [0.5, 0.6) is 0 Å². The number of halogens is 2. The molecule has 2 amide bonds. The largest absolute Gasteiger partial charge is 0.481 e. The number of nitrogens with one attached hydrogen (secondary N) is 2. The maximum atomic E-state index is 13.1. The predicted octanol–water partition coefficient (Wildman–Crippen LogP) is 4.69. The van der Waals surface area contributed by atoms with Crippen molar-refractivity contribution in [3.05, 3.63) is 63.4 Å². The van der Waals surface area contributed by atoms with Gasteiger partial charge in [-0.2, -0.15) is 0 Å². The van der Waals surface area contributed by atoms with Gasteiger partial charge in [-0.25, -0.2) is 4.98 Å². The minimum atomic E-state index is -0.940. The summed E-state index contributed by atoms with van der Waals surface area (Å²) in [6.07, 6.45) is 1.36. The molecule has 0 spiro atoms. The van der Waals surface area contributed by atoms with Crippen molar-refractivity contribution in [1.29, 1.82) is 0 Å². The SMILES string of the molecule is CC(C(=O)O)[C@H]1CCCN1C(=O)c1ccc(C(=O)N[C@@H](C)c2nc3cc(Cl)ccc3[nH]2)cc1Cl. The second kappa shape index (κ2) is 9.64. The number of amides is 2. The molecule has 10 heteroatoms. The van der Waals surface area contributed by atoms with Gasteiger partial charge in [-0.05, 0) is 63.1 Å². The van der Waals surface area contributed by atoms with Crippen LogP contribution in [0.2, 0.25) is 10.0 Å². The Balaban J connectivity index is 1.48. The van der Waals surface area contributed by atoms with Crippen LogP contribution < -0.4 is 5.32 Å². The zero-order chi connectivity index (χ0) is 24.6. The predicted molar refractivity (Wildman–Crippen MR) is 129 cm³/mol. The molecule has 8 nitrogen and oxygen atoms in total. The van der Waals surface area contributed by atoms with Crippen LogP contribution in [-0.2, 0) is 4.79 Å². The highest BCUT2D eigenvalue weighted by Gasteiger charge is 2.36. The molecule has 2 aromatic carbocycles. The first-order valence-corrected chi connectivity index (χ1v) is 11.7. The van der Waals surface area contributed by atoms with Gasteiger partial charge in [-0.15, -0.1) is 0 Å². The minimum absolute atomic E-state index is 0.136. The number of carboxylic acid groups (broad SMARTS) is 1. The zero-order valence-corrected chi connectivity index (χ0v) is 20.2. The molecule has 4 rings (SSSR count). The Morgan fingerprint density at radius 1 is 1.18 bits per heavy atom. The monoisotopic (exact) mass is 502 g/mol. The lowest BCUT2D eigenvalue weighted by Gasteiger charge is -2.28. The second-order valence-corrected chi connectivity index (χ2v) is 9.35. The average molecular weight is 503 g/mol. The molecule has 0 radical (unpaired) electrons. The molecule has 2 heterocycles. The van der Waals surface area contributed by atoms with E-state index in [4.69, 9.17) is 23.2 Å². The van der Waals surface area contributed by atoms with E-state index in [1.54, 1.807) is 30.9 Å². The smallest absolute Gasteiger partial charge is 0.308 e. The average Bonchev–Trinajstić information content (AvgIpc) is 3.44. The summed E-state index contributed by atoms with van der Waals surface area (Å²) in [6.45, 7) is 3.87. The van der Waals surface area contributed by atoms with E-state index >= 15 is 0 Å². The number of aliphatic carboxylic acids is 1. The van der Waals surface area contributed by atoms with Gasteiger partial charge in [0.2, 0.25) is 0 Å². The molecule has 1 aromatic heterocycles. The molecular weight excluding hydrogens is 479 g/mol. The Bertz CT molecular complexity index is 1280. The Hall–Kier alpha value is -3.10. The van der Waals surface area contributed by atoms with Crippen molar-refractivity contribution < 1.29 is 19.5 Å². The first-order chi connectivity index (χ1) is 16.2. The number of fused-ring (bicyclic) bond motifs is 1. The van der Waals surface area contributed by atoms with Gasteiger partial charge in [-0.1, -0.05) is 23.2 Å². The summed E-state index contributed by atoms with van der Waals surface area (Å²) in [5.74, 6) is -1.74. The van der Waals surface area contributed by atoms with Crippen LogP contribution in [0.4, 0.5) is 0 Å². The van der Waals surface area contributed by atoms with Gasteiger partial charge in [0.15, 0.2) is 0 Å². The van der Waals surface area contributed by atoms with E-state index in [-0.39, 0.29) is 28.4 Å². The molecule has 3 N–H and O–H groups in total. The highest BCUT2D eigenvalue weighted by atomic mass is 35.5. The summed E-state index contributed by atoms with van der Waals surface area (Å²) in [5, 5.41) is 12.9. The van der Waals surface area contributed by atoms with Crippen molar-refractivity contribution >= 4 is 52.0 Å². The fourth-order valence-corrected chi connectivity index (χ4v) is 4.69. The molecule has 1 aliphatic heterocycles. The van der Waals surface area contributed by atoms with Gasteiger partial charge in [0, 0.05) is 23.2 Å². The zero-order valence-electron chi connectivity index (χ0n) is 18.6. The van der Waals surface area contributed by atoms with Crippen LogP contribution in [0.15, 0.2) is 36.4 Å². The number of nitrogens with zero attached hydrogens (tertiary/aromatic N) is 2. The van der Waals surface area contributed by atoms with Crippen LogP contribution in [0.1, 0.15) is 59.3 Å². The number of imidazole rings is 1. The van der Waals surface area contributed by atoms with E-state index in [1.165, 1.54) is 18.2 Å². The van der Waals surface area contributed by atoms with Gasteiger partial charge < -0.3 is 20.3 Å².